The van der Waals surface area contributed by atoms with Gasteiger partial charge in [-0.1, -0.05) is 5.21 Å². The summed E-state index contributed by atoms with van der Waals surface area (Å²) < 4.78 is 1.57. The van der Waals surface area contributed by atoms with Crippen LogP contribution in [0, 0.1) is 0 Å². The molecule has 0 unspecified atom stereocenters. The summed E-state index contributed by atoms with van der Waals surface area (Å²) in [6.45, 7) is 0. The normalized spacial score (nSPS) is 10.8. The summed E-state index contributed by atoms with van der Waals surface area (Å²) in [4.78, 5) is 12.0. The van der Waals surface area contributed by atoms with Crippen LogP contribution in [0.2, 0.25) is 0 Å². The monoisotopic (exact) mass is 213 g/mol. The fourth-order valence-corrected chi connectivity index (χ4v) is 1.44. The smallest absolute Gasteiger partial charge is 0.174 e. The van der Waals surface area contributed by atoms with Gasteiger partial charge in [0.25, 0.3) is 0 Å². The van der Waals surface area contributed by atoms with E-state index in [2.05, 4.69) is 25.3 Å². The van der Waals surface area contributed by atoms with E-state index in [4.69, 9.17) is 5.73 Å². The van der Waals surface area contributed by atoms with Crippen LogP contribution in [0.3, 0.4) is 0 Å². The zero-order valence-electron chi connectivity index (χ0n) is 8.15. The van der Waals surface area contributed by atoms with Gasteiger partial charge in [-0.3, -0.25) is 4.98 Å². The topological polar surface area (TPSA) is 95.4 Å². The van der Waals surface area contributed by atoms with Gasteiger partial charge in [-0.2, -0.15) is 4.68 Å². The van der Waals surface area contributed by atoms with Crippen molar-refractivity contribution < 1.29 is 0 Å². The Kier molecular flexibility index (Phi) is 1.76. The number of rotatable bonds is 1. The van der Waals surface area contributed by atoms with Crippen LogP contribution in [-0.2, 0) is 0 Å². The van der Waals surface area contributed by atoms with Crippen molar-refractivity contribution in [3.63, 3.8) is 0 Å². The summed E-state index contributed by atoms with van der Waals surface area (Å²) in [6.07, 6.45) is 6.39. The van der Waals surface area contributed by atoms with Crippen LogP contribution in [0.25, 0.3) is 16.9 Å². The summed E-state index contributed by atoms with van der Waals surface area (Å²) in [7, 11) is 0. The molecule has 3 heterocycles. The van der Waals surface area contributed by atoms with Gasteiger partial charge < -0.3 is 5.73 Å². The largest absolute Gasteiger partial charge is 0.382 e. The van der Waals surface area contributed by atoms with Gasteiger partial charge >= 0.3 is 0 Å². The van der Waals surface area contributed by atoms with Crippen LogP contribution in [0.5, 0.6) is 0 Å². The lowest BCUT2D eigenvalue weighted by atomic mass is 10.4. The van der Waals surface area contributed by atoms with Crippen molar-refractivity contribution in [1.29, 1.82) is 0 Å². The Hall–Kier alpha value is -2.57. The van der Waals surface area contributed by atoms with Gasteiger partial charge in [0.15, 0.2) is 17.2 Å². The van der Waals surface area contributed by atoms with Crippen LogP contribution in [0.1, 0.15) is 0 Å². The Morgan fingerprint density at radius 1 is 1.12 bits per heavy atom. The lowest BCUT2D eigenvalue weighted by Gasteiger charge is -1.99. The van der Waals surface area contributed by atoms with E-state index in [1.165, 1.54) is 0 Å². The zero-order chi connectivity index (χ0) is 11.0. The molecule has 0 aromatic carbocycles. The van der Waals surface area contributed by atoms with Gasteiger partial charge in [0.05, 0.1) is 6.20 Å². The van der Waals surface area contributed by atoms with Crippen molar-refractivity contribution in [2.24, 2.45) is 0 Å². The summed E-state index contributed by atoms with van der Waals surface area (Å²) in [6, 6.07) is 1.78. The summed E-state index contributed by atoms with van der Waals surface area (Å²) in [5.74, 6) is 0.947. The second kappa shape index (κ2) is 3.23. The molecule has 3 aromatic rings. The minimum Gasteiger partial charge on any atom is -0.382 e. The number of fused-ring (bicyclic) bond motifs is 1. The van der Waals surface area contributed by atoms with E-state index < -0.39 is 0 Å². The third-order valence-corrected chi connectivity index (χ3v) is 2.16. The molecule has 0 amide bonds. The number of anilines is 1. The molecule has 3 aromatic heterocycles. The average Bonchev–Trinajstić information content (AvgIpc) is 2.75. The molecule has 16 heavy (non-hydrogen) atoms. The van der Waals surface area contributed by atoms with E-state index in [0.717, 1.165) is 5.52 Å². The van der Waals surface area contributed by atoms with Gasteiger partial charge in [-0.15, -0.1) is 5.10 Å². The van der Waals surface area contributed by atoms with Crippen LogP contribution < -0.4 is 5.73 Å². The maximum absolute atomic E-state index is 5.68. The van der Waals surface area contributed by atoms with Crippen molar-refractivity contribution in [2.45, 2.75) is 0 Å². The SMILES string of the molecule is Nc1nccc2c1nnn2-c1cnccn1. The molecule has 3 rings (SSSR count). The molecule has 7 nitrogen and oxygen atoms in total. The molecule has 0 radical (unpaired) electrons. The van der Waals surface area contributed by atoms with Crippen LogP contribution in [0.15, 0.2) is 30.9 Å². The number of nitrogens with zero attached hydrogens (tertiary/aromatic N) is 6. The third kappa shape index (κ3) is 1.18. The van der Waals surface area contributed by atoms with Crippen molar-refractivity contribution in [3.8, 4) is 5.82 Å². The molecule has 0 aliphatic rings. The van der Waals surface area contributed by atoms with Crippen molar-refractivity contribution in [2.75, 3.05) is 5.73 Å². The first-order valence-corrected chi connectivity index (χ1v) is 4.58. The second-order valence-electron chi connectivity index (χ2n) is 3.13. The highest BCUT2D eigenvalue weighted by molar-refractivity contribution is 5.84. The molecule has 2 N–H and O–H groups in total. The van der Waals surface area contributed by atoms with Crippen LogP contribution >= 0.6 is 0 Å². The summed E-state index contributed by atoms with van der Waals surface area (Å²) >= 11 is 0. The zero-order valence-corrected chi connectivity index (χ0v) is 8.15. The van der Waals surface area contributed by atoms with E-state index >= 15 is 0 Å². The lowest BCUT2D eigenvalue weighted by molar-refractivity contribution is 0.795. The molecular weight excluding hydrogens is 206 g/mol. The fourth-order valence-electron chi connectivity index (χ4n) is 1.44. The minimum atomic E-state index is 0.354. The molecule has 0 bridgehead atoms. The van der Waals surface area contributed by atoms with Gasteiger partial charge in [0.2, 0.25) is 0 Å². The summed E-state index contributed by atoms with van der Waals surface area (Å²) in [5.41, 5.74) is 7.01. The van der Waals surface area contributed by atoms with E-state index in [0.29, 0.717) is 17.2 Å². The number of hydrogen-bond donors (Lipinski definition) is 1. The molecule has 0 aliphatic carbocycles. The van der Waals surface area contributed by atoms with Gasteiger partial charge in [-0.25, -0.2) is 9.97 Å². The molecular formula is C9H7N7. The quantitative estimate of drug-likeness (QED) is 0.619. The Morgan fingerprint density at radius 2 is 2.06 bits per heavy atom. The Morgan fingerprint density at radius 3 is 2.88 bits per heavy atom. The highest BCUT2D eigenvalue weighted by atomic mass is 15.4. The summed E-state index contributed by atoms with van der Waals surface area (Å²) in [5, 5.41) is 7.92. The number of nitrogens with two attached hydrogens (primary N) is 1. The first kappa shape index (κ1) is 8.72. The highest BCUT2D eigenvalue weighted by Gasteiger charge is 2.09. The Bertz CT molecular complexity index is 631. The predicted molar refractivity (Wildman–Crippen MR) is 56.7 cm³/mol. The molecule has 7 heteroatoms. The van der Waals surface area contributed by atoms with E-state index in [1.54, 1.807) is 35.5 Å². The third-order valence-electron chi connectivity index (χ3n) is 2.16. The number of aromatic nitrogens is 6. The van der Waals surface area contributed by atoms with E-state index in [1.807, 2.05) is 0 Å². The molecule has 0 fully saturated rings. The Labute approximate surface area is 90.0 Å². The van der Waals surface area contributed by atoms with Gasteiger partial charge in [0.1, 0.15) is 5.52 Å². The molecule has 78 valence electrons. The van der Waals surface area contributed by atoms with Gasteiger partial charge in [-0.05, 0) is 6.07 Å². The molecule has 0 saturated heterocycles. The van der Waals surface area contributed by atoms with Crippen molar-refractivity contribution in [1.82, 2.24) is 29.9 Å². The van der Waals surface area contributed by atoms with E-state index in [9.17, 15) is 0 Å². The molecule has 0 spiro atoms. The number of pyridine rings is 1. The lowest BCUT2D eigenvalue weighted by Crippen LogP contribution is -2.00. The second-order valence-corrected chi connectivity index (χ2v) is 3.13. The van der Waals surface area contributed by atoms with Crippen LogP contribution in [0.4, 0.5) is 5.82 Å². The van der Waals surface area contributed by atoms with Crippen LogP contribution in [-0.4, -0.2) is 29.9 Å². The van der Waals surface area contributed by atoms with E-state index in [-0.39, 0.29) is 0 Å². The Balaban J connectivity index is 2.30. The molecule has 0 aliphatic heterocycles. The maximum atomic E-state index is 5.68. The van der Waals surface area contributed by atoms with Gasteiger partial charge in [0, 0.05) is 18.6 Å². The van der Waals surface area contributed by atoms with Crippen molar-refractivity contribution in [3.05, 3.63) is 30.9 Å². The number of nitrogen functional groups attached to an aromatic ring is 1. The standard InChI is InChI=1S/C9H7N7/c10-9-8-6(1-2-13-9)16(15-14-8)7-5-11-3-4-12-7/h1-5H,(H2,10,13). The minimum absolute atomic E-state index is 0.354. The van der Waals surface area contributed by atoms with Crippen molar-refractivity contribution >= 4 is 16.9 Å². The molecule has 0 saturated carbocycles. The number of hydrogen-bond acceptors (Lipinski definition) is 6. The first-order valence-electron chi connectivity index (χ1n) is 4.58. The fraction of sp³-hybridized carbons (Fsp3) is 0. The molecule has 0 atom stereocenters. The maximum Gasteiger partial charge on any atom is 0.174 e. The predicted octanol–water partition coefficient (Wildman–Crippen LogP) is 0.188. The highest BCUT2D eigenvalue weighted by Crippen LogP contribution is 2.17. The average molecular weight is 213 g/mol. The first-order chi connectivity index (χ1) is 7.86.